The highest BCUT2D eigenvalue weighted by atomic mass is 16.5. The molecular weight excluding hydrogens is 266 g/mol. The van der Waals surface area contributed by atoms with Gasteiger partial charge in [0.15, 0.2) is 0 Å². The first kappa shape index (κ1) is 14.4. The zero-order valence-electron chi connectivity index (χ0n) is 11.2. The second-order valence-corrected chi connectivity index (χ2v) is 4.31. The molecular formula is C17H13NO3. The monoisotopic (exact) mass is 279 g/mol. The summed E-state index contributed by atoms with van der Waals surface area (Å²) in [6.45, 7) is 0.349. The molecule has 1 N–H and O–H groups in total. The molecule has 104 valence electrons. The molecule has 0 heterocycles. The van der Waals surface area contributed by atoms with Gasteiger partial charge in [-0.2, -0.15) is 5.26 Å². The number of benzene rings is 2. The van der Waals surface area contributed by atoms with Gasteiger partial charge < -0.3 is 9.84 Å². The van der Waals surface area contributed by atoms with Crippen molar-refractivity contribution in [1.82, 2.24) is 0 Å². The van der Waals surface area contributed by atoms with Crippen molar-refractivity contribution in [3.63, 3.8) is 0 Å². The molecule has 0 bridgehead atoms. The molecule has 2 rings (SSSR count). The predicted octanol–water partition coefficient (Wildman–Crippen LogP) is 3.24. The van der Waals surface area contributed by atoms with Crippen LogP contribution in [0.4, 0.5) is 0 Å². The molecule has 0 spiro atoms. The first-order valence-corrected chi connectivity index (χ1v) is 6.31. The van der Waals surface area contributed by atoms with Crippen LogP contribution in [0.5, 0.6) is 5.75 Å². The fourth-order valence-corrected chi connectivity index (χ4v) is 1.76. The number of hydrogen-bond donors (Lipinski definition) is 1. The number of nitriles is 1. The van der Waals surface area contributed by atoms with Crippen molar-refractivity contribution in [3.8, 4) is 11.8 Å². The molecule has 0 atom stereocenters. The third-order valence-electron chi connectivity index (χ3n) is 2.78. The van der Waals surface area contributed by atoms with Gasteiger partial charge in [-0.05, 0) is 29.3 Å². The van der Waals surface area contributed by atoms with Crippen molar-refractivity contribution < 1.29 is 14.6 Å². The van der Waals surface area contributed by atoms with Crippen molar-refractivity contribution in [2.75, 3.05) is 0 Å². The van der Waals surface area contributed by atoms with Gasteiger partial charge in [0, 0.05) is 6.08 Å². The van der Waals surface area contributed by atoms with Crippen LogP contribution in [0.15, 0.2) is 54.6 Å². The molecule has 0 unspecified atom stereocenters. The number of hydrogen-bond acceptors (Lipinski definition) is 3. The number of aliphatic carboxylic acids is 1. The van der Waals surface area contributed by atoms with Crippen molar-refractivity contribution >= 4 is 12.0 Å². The SMILES string of the molecule is N#Cc1ccc(C=CC(=O)O)cc1OCc1ccccc1. The van der Waals surface area contributed by atoms with Crippen LogP contribution in [-0.4, -0.2) is 11.1 Å². The zero-order chi connectivity index (χ0) is 15.1. The number of carbonyl (C=O) groups is 1. The second kappa shape index (κ2) is 6.92. The summed E-state index contributed by atoms with van der Waals surface area (Å²) in [5.74, 6) is -0.583. The zero-order valence-corrected chi connectivity index (χ0v) is 11.2. The van der Waals surface area contributed by atoms with E-state index in [1.54, 1.807) is 18.2 Å². The average Bonchev–Trinajstić information content (AvgIpc) is 2.52. The van der Waals surface area contributed by atoms with Crippen molar-refractivity contribution in [1.29, 1.82) is 5.26 Å². The van der Waals surface area contributed by atoms with Crippen LogP contribution in [-0.2, 0) is 11.4 Å². The maximum absolute atomic E-state index is 10.5. The fourth-order valence-electron chi connectivity index (χ4n) is 1.76. The molecule has 2 aromatic rings. The first-order valence-electron chi connectivity index (χ1n) is 6.31. The standard InChI is InChI=1S/C17H13NO3/c18-11-15-8-6-13(7-9-17(19)20)10-16(15)21-12-14-4-2-1-3-5-14/h1-10H,12H2,(H,19,20). The minimum atomic E-state index is -1.02. The molecule has 2 aromatic carbocycles. The summed E-state index contributed by atoms with van der Waals surface area (Å²) < 4.78 is 5.66. The maximum atomic E-state index is 10.5. The minimum Gasteiger partial charge on any atom is -0.488 e. The van der Waals surface area contributed by atoms with Gasteiger partial charge in [0.1, 0.15) is 18.4 Å². The molecule has 0 amide bonds. The molecule has 4 heteroatoms. The van der Waals surface area contributed by atoms with E-state index in [1.807, 2.05) is 30.3 Å². The van der Waals surface area contributed by atoms with Crippen LogP contribution in [0.25, 0.3) is 6.08 Å². The minimum absolute atomic E-state index is 0.349. The Bertz CT molecular complexity index is 700. The summed E-state index contributed by atoms with van der Waals surface area (Å²) in [7, 11) is 0. The topological polar surface area (TPSA) is 70.3 Å². The number of nitrogens with zero attached hydrogens (tertiary/aromatic N) is 1. The van der Waals surface area contributed by atoms with E-state index < -0.39 is 5.97 Å². The van der Waals surface area contributed by atoms with Gasteiger partial charge in [-0.15, -0.1) is 0 Å². The summed E-state index contributed by atoms with van der Waals surface area (Å²) in [5, 5.41) is 17.7. The lowest BCUT2D eigenvalue weighted by Gasteiger charge is -2.08. The predicted molar refractivity (Wildman–Crippen MR) is 78.6 cm³/mol. The first-order chi connectivity index (χ1) is 10.2. The Morgan fingerprint density at radius 3 is 2.67 bits per heavy atom. The lowest BCUT2D eigenvalue weighted by Crippen LogP contribution is -1.97. The largest absolute Gasteiger partial charge is 0.488 e. The van der Waals surface area contributed by atoms with Crippen molar-refractivity contribution in [2.24, 2.45) is 0 Å². The van der Waals surface area contributed by atoms with Crippen LogP contribution in [0.3, 0.4) is 0 Å². The molecule has 21 heavy (non-hydrogen) atoms. The van der Waals surface area contributed by atoms with Crippen molar-refractivity contribution in [2.45, 2.75) is 6.61 Å². The van der Waals surface area contributed by atoms with E-state index in [9.17, 15) is 4.79 Å². The van der Waals surface area contributed by atoms with Gasteiger partial charge in [-0.25, -0.2) is 4.79 Å². The molecule has 0 radical (unpaired) electrons. The number of ether oxygens (including phenoxy) is 1. The van der Waals surface area contributed by atoms with E-state index >= 15 is 0 Å². The molecule has 0 aromatic heterocycles. The van der Waals surface area contributed by atoms with Crippen LogP contribution in [0.1, 0.15) is 16.7 Å². The number of carboxylic acids is 1. The normalized spacial score (nSPS) is 10.2. The highest BCUT2D eigenvalue weighted by molar-refractivity contribution is 5.85. The highest BCUT2D eigenvalue weighted by Gasteiger charge is 2.04. The van der Waals surface area contributed by atoms with Crippen LogP contribution < -0.4 is 4.74 Å². The van der Waals surface area contributed by atoms with E-state index in [4.69, 9.17) is 15.1 Å². The smallest absolute Gasteiger partial charge is 0.328 e. The Hall–Kier alpha value is -3.06. The van der Waals surface area contributed by atoms with Crippen LogP contribution in [0.2, 0.25) is 0 Å². The maximum Gasteiger partial charge on any atom is 0.328 e. The Balaban J connectivity index is 2.18. The van der Waals surface area contributed by atoms with E-state index in [0.29, 0.717) is 23.5 Å². The molecule has 0 aliphatic rings. The Kier molecular flexibility index (Phi) is 4.73. The van der Waals surface area contributed by atoms with Gasteiger partial charge in [0.25, 0.3) is 0 Å². The van der Waals surface area contributed by atoms with Crippen LogP contribution in [0, 0.1) is 11.3 Å². The fraction of sp³-hybridized carbons (Fsp3) is 0.0588. The molecule has 0 aliphatic heterocycles. The van der Waals surface area contributed by atoms with Gasteiger partial charge in [-0.1, -0.05) is 36.4 Å². The Morgan fingerprint density at radius 1 is 1.24 bits per heavy atom. The molecule has 4 nitrogen and oxygen atoms in total. The van der Waals surface area contributed by atoms with E-state index in [0.717, 1.165) is 11.6 Å². The summed E-state index contributed by atoms with van der Waals surface area (Å²) >= 11 is 0. The van der Waals surface area contributed by atoms with Crippen LogP contribution >= 0.6 is 0 Å². The lowest BCUT2D eigenvalue weighted by molar-refractivity contribution is -0.131. The van der Waals surface area contributed by atoms with Gasteiger partial charge >= 0.3 is 5.97 Å². The highest BCUT2D eigenvalue weighted by Crippen LogP contribution is 2.22. The van der Waals surface area contributed by atoms with Gasteiger partial charge in [0.05, 0.1) is 5.56 Å². The second-order valence-electron chi connectivity index (χ2n) is 4.31. The third kappa shape index (κ3) is 4.22. The third-order valence-corrected chi connectivity index (χ3v) is 2.78. The summed E-state index contributed by atoms with van der Waals surface area (Å²) in [4.78, 5) is 10.5. The summed E-state index contributed by atoms with van der Waals surface area (Å²) in [6, 6.07) is 16.6. The number of carboxylic acid groups (broad SMARTS) is 1. The molecule has 0 saturated carbocycles. The van der Waals surface area contributed by atoms with E-state index in [1.165, 1.54) is 6.08 Å². The van der Waals surface area contributed by atoms with E-state index in [2.05, 4.69) is 6.07 Å². The van der Waals surface area contributed by atoms with Gasteiger partial charge in [-0.3, -0.25) is 0 Å². The Morgan fingerprint density at radius 2 is 2.00 bits per heavy atom. The molecule has 0 fully saturated rings. The molecule has 0 aliphatic carbocycles. The summed E-state index contributed by atoms with van der Waals surface area (Å²) in [5.41, 5.74) is 2.07. The molecule has 0 saturated heterocycles. The Labute approximate surface area is 122 Å². The summed E-state index contributed by atoms with van der Waals surface area (Å²) in [6.07, 6.45) is 2.50. The quantitative estimate of drug-likeness (QED) is 0.853. The van der Waals surface area contributed by atoms with Gasteiger partial charge in [0.2, 0.25) is 0 Å². The number of rotatable bonds is 5. The average molecular weight is 279 g/mol. The lowest BCUT2D eigenvalue weighted by atomic mass is 10.1. The van der Waals surface area contributed by atoms with E-state index in [-0.39, 0.29) is 0 Å². The van der Waals surface area contributed by atoms with Crippen molar-refractivity contribution in [3.05, 3.63) is 71.3 Å².